The van der Waals surface area contributed by atoms with E-state index in [1.165, 1.54) is 16.7 Å². The summed E-state index contributed by atoms with van der Waals surface area (Å²) in [4.78, 5) is 8.64. The summed E-state index contributed by atoms with van der Waals surface area (Å²) in [6.07, 6.45) is 5.73. The minimum atomic E-state index is -3.55. The number of piperidine rings is 1. The lowest BCUT2D eigenvalue weighted by atomic mass is 10.1. The van der Waals surface area contributed by atoms with Crippen molar-refractivity contribution in [1.29, 1.82) is 0 Å². The summed E-state index contributed by atoms with van der Waals surface area (Å²) in [5.74, 6) is -0.0509. The number of aliphatic hydroxyl groups excluding tert-OH is 1. The Morgan fingerprint density at radius 3 is 2.61 bits per heavy atom. The predicted molar refractivity (Wildman–Crippen MR) is 108 cm³/mol. The van der Waals surface area contributed by atoms with Gasteiger partial charge in [0.15, 0.2) is 0 Å². The van der Waals surface area contributed by atoms with Gasteiger partial charge in [0.2, 0.25) is 10.0 Å². The average Bonchev–Trinajstić information content (AvgIpc) is 2.70. The number of aliphatic hydroxyl groups is 1. The molecule has 3 rings (SSSR count). The fraction of sp³-hybridized carbons (Fsp3) is 0.400. The monoisotopic (exact) mass is 403 g/mol. The number of aliphatic imine (C=N–C) groups is 1. The van der Waals surface area contributed by atoms with Crippen LogP contribution in [0.15, 0.2) is 34.3 Å². The molecule has 0 amide bonds. The summed E-state index contributed by atoms with van der Waals surface area (Å²) in [5.41, 5.74) is 2.55. The number of hydrogen-bond acceptors (Lipinski definition) is 6. The van der Waals surface area contributed by atoms with Gasteiger partial charge in [-0.2, -0.15) is 4.31 Å². The molecule has 150 valence electrons. The van der Waals surface area contributed by atoms with Crippen molar-refractivity contribution in [2.45, 2.75) is 44.6 Å². The van der Waals surface area contributed by atoms with Crippen molar-refractivity contribution in [3.63, 3.8) is 0 Å². The molecule has 2 heterocycles. The van der Waals surface area contributed by atoms with Gasteiger partial charge in [0.25, 0.3) is 0 Å². The van der Waals surface area contributed by atoms with E-state index in [2.05, 4.69) is 9.98 Å². The molecule has 1 saturated heterocycles. The SMILES string of the molecule is Cc1ccc(S(=O)(=O)N2CCCCC2)cc1N=Cc1c(CO)cnc(C)c1O. The third-order valence-electron chi connectivity index (χ3n) is 4.99. The van der Waals surface area contributed by atoms with Crippen LogP contribution in [0.3, 0.4) is 0 Å². The summed E-state index contributed by atoms with van der Waals surface area (Å²) in [6.45, 7) is 4.29. The highest BCUT2D eigenvalue weighted by Gasteiger charge is 2.26. The molecule has 0 radical (unpaired) electrons. The van der Waals surface area contributed by atoms with Crippen LogP contribution in [0.25, 0.3) is 0 Å². The lowest BCUT2D eigenvalue weighted by molar-refractivity contribution is 0.280. The van der Waals surface area contributed by atoms with Crippen LogP contribution in [0.4, 0.5) is 5.69 Å². The number of benzene rings is 1. The van der Waals surface area contributed by atoms with Crippen molar-refractivity contribution >= 4 is 21.9 Å². The smallest absolute Gasteiger partial charge is 0.243 e. The van der Waals surface area contributed by atoms with E-state index in [0.29, 0.717) is 35.6 Å². The highest BCUT2D eigenvalue weighted by atomic mass is 32.2. The summed E-state index contributed by atoms with van der Waals surface area (Å²) in [6, 6.07) is 4.89. The Balaban J connectivity index is 1.97. The molecule has 0 unspecified atom stereocenters. The quantitative estimate of drug-likeness (QED) is 0.747. The van der Waals surface area contributed by atoms with Crippen molar-refractivity contribution in [3.8, 4) is 5.75 Å². The second kappa shape index (κ2) is 8.38. The van der Waals surface area contributed by atoms with E-state index in [1.54, 1.807) is 25.1 Å². The fourth-order valence-electron chi connectivity index (χ4n) is 3.20. The highest BCUT2D eigenvalue weighted by Crippen LogP contribution is 2.28. The first-order valence-corrected chi connectivity index (χ1v) is 10.7. The van der Waals surface area contributed by atoms with E-state index in [4.69, 9.17) is 0 Å². The van der Waals surface area contributed by atoms with Gasteiger partial charge < -0.3 is 10.2 Å². The molecule has 2 aromatic rings. The van der Waals surface area contributed by atoms with Crippen molar-refractivity contribution in [2.75, 3.05) is 13.1 Å². The Bertz CT molecular complexity index is 997. The van der Waals surface area contributed by atoms with E-state index in [9.17, 15) is 18.6 Å². The first-order valence-electron chi connectivity index (χ1n) is 9.27. The minimum absolute atomic E-state index is 0.0509. The summed E-state index contributed by atoms with van der Waals surface area (Å²) >= 11 is 0. The van der Waals surface area contributed by atoms with Crippen molar-refractivity contribution in [3.05, 3.63) is 46.8 Å². The molecule has 1 aromatic heterocycles. The number of rotatable bonds is 5. The van der Waals surface area contributed by atoms with Crippen LogP contribution in [-0.2, 0) is 16.6 Å². The standard InChI is InChI=1S/C20H25N3O4S/c1-14-6-7-17(28(26,27)23-8-4-3-5-9-23)10-19(14)22-12-18-16(13-24)11-21-15(2)20(18)25/h6-7,10-12,24-25H,3-5,8-9,13H2,1-2H3. The van der Waals surface area contributed by atoms with Crippen LogP contribution in [0.5, 0.6) is 5.75 Å². The molecule has 7 nitrogen and oxygen atoms in total. The molecule has 0 saturated carbocycles. The second-order valence-electron chi connectivity index (χ2n) is 6.96. The molecule has 1 fully saturated rings. The Kier molecular flexibility index (Phi) is 6.12. The van der Waals surface area contributed by atoms with Gasteiger partial charge in [-0.3, -0.25) is 9.98 Å². The first kappa shape index (κ1) is 20.4. The molecule has 0 bridgehead atoms. The van der Waals surface area contributed by atoms with Crippen molar-refractivity contribution in [2.24, 2.45) is 4.99 Å². The van der Waals surface area contributed by atoms with Crippen LogP contribution >= 0.6 is 0 Å². The number of aromatic nitrogens is 1. The van der Waals surface area contributed by atoms with Gasteiger partial charge in [-0.15, -0.1) is 0 Å². The van der Waals surface area contributed by atoms with Gasteiger partial charge in [-0.1, -0.05) is 12.5 Å². The summed E-state index contributed by atoms with van der Waals surface area (Å²) in [7, 11) is -3.55. The fourth-order valence-corrected chi connectivity index (χ4v) is 4.74. The van der Waals surface area contributed by atoms with Gasteiger partial charge >= 0.3 is 0 Å². The van der Waals surface area contributed by atoms with E-state index in [0.717, 1.165) is 24.8 Å². The molecule has 0 atom stereocenters. The zero-order chi connectivity index (χ0) is 20.3. The third-order valence-corrected chi connectivity index (χ3v) is 6.89. The van der Waals surface area contributed by atoms with E-state index < -0.39 is 10.0 Å². The predicted octanol–water partition coefficient (Wildman–Crippen LogP) is 2.82. The molecule has 0 spiro atoms. The number of hydrogen-bond donors (Lipinski definition) is 2. The number of aromatic hydroxyl groups is 1. The molecule has 1 aliphatic rings. The lowest BCUT2D eigenvalue weighted by Gasteiger charge is -2.26. The van der Waals surface area contributed by atoms with Crippen LogP contribution < -0.4 is 0 Å². The maximum Gasteiger partial charge on any atom is 0.243 e. The topological polar surface area (TPSA) is 103 Å². The molecule has 0 aliphatic carbocycles. The first-order chi connectivity index (χ1) is 13.3. The largest absolute Gasteiger partial charge is 0.505 e. The van der Waals surface area contributed by atoms with Gasteiger partial charge in [0.1, 0.15) is 5.75 Å². The zero-order valence-corrected chi connectivity index (χ0v) is 16.9. The maximum absolute atomic E-state index is 12.9. The number of sulfonamides is 1. The molecule has 1 aromatic carbocycles. The van der Waals surface area contributed by atoms with Crippen LogP contribution in [0.1, 0.15) is 41.6 Å². The molecule has 8 heteroatoms. The molecular weight excluding hydrogens is 378 g/mol. The van der Waals surface area contributed by atoms with Gasteiger partial charge in [0.05, 0.1) is 22.9 Å². The summed E-state index contributed by atoms with van der Waals surface area (Å²) < 4.78 is 27.4. The van der Waals surface area contributed by atoms with Gasteiger partial charge in [-0.25, -0.2) is 8.42 Å². The number of aryl methyl sites for hydroxylation is 2. The maximum atomic E-state index is 12.9. The number of pyridine rings is 1. The molecule has 2 N–H and O–H groups in total. The second-order valence-corrected chi connectivity index (χ2v) is 8.90. The Hall–Kier alpha value is -2.29. The normalized spacial score (nSPS) is 16.0. The van der Waals surface area contributed by atoms with Gasteiger partial charge in [-0.05, 0) is 44.4 Å². The highest BCUT2D eigenvalue weighted by molar-refractivity contribution is 7.89. The van der Waals surface area contributed by atoms with E-state index in [-0.39, 0.29) is 17.3 Å². The summed E-state index contributed by atoms with van der Waals surface area (Å²) in [5, 5.41) is 19.7. The lowest BCUT2D eigenvalue weighted by Crippen LogP contribution is -2.35. The van der Waals surface area contributed by atoms with Crippen LogP contribution in [0.2, 0.25) is 0 Å². The van der Waals surface area contributed by atoms with E-state index in [1.807, 2.05) is 6.92 Å². The van der Waals surface area contributed by atoms with Crippen LogP contribution in [-0.4, -0.2) is 47.2 Å². The Labute approximate surface area is 165 Å². The number of nitrogens with zero attached hydrogens (tertiary/aromatic N) is 3. The zero-order valence-electron chi connectivity index (χ0n) is 16.1. The third kappa shape index (κ3) is 4.09. The Morgan fingerprint density at radius 1 is 1.21 bits per heavy atom. The molecular formula is C20H25N3O4S. The van der Waals surface area contributed by atoms with E-state index >= 15 is 0 Å². The van der Waals surface area contributed by atoms with Crippen molar-refractivity contribution < 1.29 is 18.6 Å². The molecule has 1 aliphatic heterocycles. The minimum Gasteiger partial charge on any atom is -0.505 e. The van der Waals surface area contributed by atoms with Crippen molar-refractivity contribution in [1.82, 2.24) is 9.29 Å². The van der Waals surface area contributed by atoms with Crippen LogP contribution in [0, 0.1) is 13.8 Å². The molecule has 28 heavy (non-hydrogen) atoms. The Morgan fingerprint density at radius 2 is 1.93 bits per heavy atom. The van der Waals surface area contributed by atoms with Gasteiger partial charge in [0, 0.05) is 36.6 Å². The average molecular weight is 404 g/mol.